The lowest BCUT2D eigenvalue weighted by atomic mass is 10.1. The molecule has 13 heteroatoms. The van der Waals surface area contributed by atoms with Crippen LogP contribution in [0.5, 0.6) is 5.75 Å². The summed E-state index contributed by atoms with van der Waals surface area (Å²) in [5.41, 5.74) is 0.0268. The summed E-state index contributed by atoms with van der Waals surface area (Å²) in [5.74, 6) is -5.23. The Labute approximate surface area is 198 Å². The van der Waals surface area contributed by atoms with Gasteiger partial charge in [-0.1, -0.05) is 11.6 Å². The summed E-state index contributed by atoms with van der Waals surface area (Å²) in [5, 5.41) is 11.7. The molecule has 1 heterocycles. The van der Waals surface area contributed by atoms with Gasteiger partial charge < -0.3 is 15.2 Å². The number of rotatable bonds is 7. The lowest BCUT2D eigenvalue weighted by Crippen LogP contribution is -2.53. The number of anilines is 1. The highest BCUT2D eigenvalue weighted by molar-refractivity contribution is 7.89. The molecule has 1 aliphatic rings. The van der Waals surface area contributed by atoms with E-state index in [-0.39, 0.29) is 41.1 Å². The van der Waals surface area contributed by atoms with Gasteiger partial charge in [-0.2, -0.15) is 4.31 Å². The maximum Gasteiger partial charge on any atom is 0.286 e. The van der Waals surface area contributed by atoms with Gasteiger partial charge in [0, 0.05) is 17.8 Å². The first kappa shape index (κ1) is 25.6. The van der Waals surface area contributed by atoms with Gasteiger partial charge in [-0.15, -0.1) is 11.6 Å². The minimum atomic E-state index is -4.54. The number of nitrogens with zero attached hydrogens (tertiary/aromatic N) is 1. The number of sulfonamides is 1. The zero-order valence-electron chi connectivity index (χ0n) is 16.9. The van der Waals surface area contributed by atoms with Crippen LogP contribution in [0.25, 0.3) is 0 Å². The van der Waals surface area contributed by atoms with Crippen LogP contribution in [-0.4, -0.2) is 61.3 Å². The summed E-state index contributed by atoms with van der Waals surface area (Å²) >= 11 is 11.3. The Kier molecular flexibility index (Phi) is 7.80. The number of nitrogens with one attached hydrogen (secondary N) is 1. The summed E-state index contributed by atoms with van der Waals surface area (Å²) in [7, 11) is -4.54. The average molecular weight is 527 g/mol. The maximum absolute atomic E-state index is 14.0. The summed E-state index contributed by atoms with van der Waals surface area (Å²) in [6.45, 7) is -1.65. The first-order valence-corrected chi connectivity index (χ1v) is 12.0. The summed E-state index contributed by atoms with van der Waals surface area (Å²) < 4.78 is 73.6. The molecule has 33 heavy (non-hydrogen) atoms. The van der Waals surface area contributed by atoms with E-state index in [0.717, 1.165) is 12.1 Å². The fraction of sp³-hybridized carbons (Fsp3) is 0.350. The average Bonchev–Trinajstić information content (AvgIpc) is 2.76. The molecule has 1 saturated heterocycles. The van der Waals surface area contributed by atoms with Crippen LogP contribution < -0.4 is 10.1 Å². The number of carbonyl (C=O) groups is 1. The molecule has 3 rings (SSSR count). The number of aliphatic hydroxyl groups is 1. The van der Waals surface area contributed by atoms with E-state index in [2.05, 4.69) is 5.32 Å². The molecule has 1 amide bonds. The zero-order valence-corrected chi connectivity index (χ0v) is 19.2. The van der Waals surface area contributed by atoms with Gasteiger partial charge >= 0.3 is 0 Å². The van der Waals surface area contributed by atoms with Crippen LogP contribution in [0.2, 0.25) is 5.02 Å². The summed E-state index contributed by atoms with van der Waals surface area (Å²) in [6, 6.07) is 6.95. The minimum absolute atomic E-state index is 0.0288. The van der Waals surface area contributed by atoms with Gasteiger partial charge in [0.15, 0.2) is 0 Å². The first-order chi connectivity index (χ1) is 15.5. The van der Waals surface area contributed by atoms with Crippen molar-refractivity contribution >= 4 is 44.8 Å². The Bertz CT molecular complexity index is 1150. The number of ether oxygens (including phenoxy) is 1. The van der Waals surface area contributed by atoms with Gasteiger partial charge in [-0.05, 0) is 42.8 Å². The number of benzene rings is 2. The van der Waals surface area contributed by atoms with Crippen molar-refractivity contribution in [3.8, 4) is 5.75 Å². The first-order valence-electron chi connectivity index (χ1n) is 9.61. The number of piperidine rings is 1. The third-order valence-electron chi connectivity index (χ3n) is 4.86. The second-order valence-electron chi connectivity index (χ2n) is 7.19. The van der Waals surface area contributed by atoms with Crippen molar-refractivity contribution < 1.29 is 36.2 Å². The number of hydrogen-bond donors (Lipinski definition) is 2. The topological polar surface area (TPSA) is 95.9 Å². The van der Waals surface area contributed by atoms with Gasteiger partial charge in [0.05, 0.1) is 17.4 Å². The molecule has 7 nitrogen and oxygen atoms in total. The predicted octanol–water partition coefficient (Wildman–Crippen LogP) is 3.74. The Morgan fingerprint density at radius 1 is 1.27 bits per heavy atom. The Hall–Kier alpha value is -2.05. The van der Waals surface area contributed by atoms with E-state index in [1.165, 1.54) is 24.3 Å². The third kappa shape index (κ3) is 5.72. The zero-order chi connectivity index (χ0) is 24.4. The molecular weight excluding hydrogens is 508 g/mol. The minimum Gasteiger partial charge on any atom is -0.491 e. The standard InChI is InChI=1S/C20H19Cl2F3N2O5S/c21-6-8-32-16-4-1-12(19(29)26-13-2-3-15(23)14(22)10-13)9-17(16)33(30,31)27-7-5-18(28)20(24,25)11-27/h1-4,9-10,18,28H,5-8,11H2,(H,26,29). The van der Waals surface area contributed by atoms with E-state index >= 15 is 0 Å². The lowest BCUT2D eigenvalue weighted by Gasteiger charge is -2.35. The van der Waals surface area contributed by atoms with Gasteiger partial charge in [0.1, 0.15) is 29.2 Å². The van der Waals surface area contributed by atoms with Crippen LogP contribution in [0, 0.1) is 5.82 Å². The van der Waals surface area contributed by atoms with E-state index < -0.39 is 51.6 Å². The van der Waals surface area contributed by atoms with Crippen molar-refractivity contribution in [1.29, 1.82) is 0 Å². The number of hydrogen-bond acceptors (Lipinski definition) is 5. The van der Waals surface area contributed by atoms with Crippen LogP contribution in [-0.2, 0) is 10.0 Å². The molecule has 2 aromatic rings. The summed E-state index contributed by atoms with van der Waals surface area (Å²) in [4.78, 5) is 12.2. The van der Waals surface area contributed by atoms with Crippen molar-refractivity contribution in [2.75, 3.05) is 30.9 Å². The monoisotopic (exact) mass is 526 g/mol. The molecule has 2 aromatic carbocycles. The Morgan fingerprint density at radius 2 is 2.00 bits per heavy atom. The number of alkyl halides is 3. The predicted molar refractivity (Wildman–Crippen MR) is 116 cm³/mol. The third-order valence-corrected chi connectivity index (χ3v) is 7.17. The molecule has 1 aliphatic heterocycles. The maximum atomic E-state index is 14.0. The summed E-state index contributed by atoms with van der Waals surface area (Å²) in [6.07, 6.45) is -2.43. The van der Waals surface area contributed by atoms with Gasteiger partial charge in [0.25, 0.3) is 11.8 Å². The molecule has 0 saturated carbocycles. The second kappa shape index (κ2) is 10.1. The highest BCUT2D eigenvalue weighted by atomic mass is 35.5. The fourth-order valence-corrected chi connectivity index (χ4v) is 5.02. The van der Waals surface area contributed by atoms with E-state index in [4.69, 9.17) is 27.9 Å². The SMILES string of the molecule is O=C(Nc1ccc(F)c(Cl)c1)c1ccc(OCCCl)c(S(=O)(=O)N2CCC(O)C(F)(F)C2)c1. The quantitative estimate of drug-likeness (QED) is 0.535. The van der Waals surface area contributed by atoms with Crippen LogP contribution in [0.15, 0.2) is 41.3 Å². The smallest absolute Gasteiger partial charge is 0.286 e. The molecule has 0 aromatic heterocycles. The normalized spacial score (nSPS) is 18.7. The molecular formula is C20H19Cl2F3N2O5S. The van der Waals surface area contributed by atoms with Crippen LogP contribution >= 0.6 is 23.2 Å². The van der Waals surface area contributed by atoms with Crippen LogP contribution in [0.4, 0.5) is 18.9 Å². The molecule has 1 unspecified atom stereocenters. The van der Waals surface area contributed by atoms with E-state index in [0.29, 0.717) is 4.31 Å². The van der Waals surface area contributed by atoms with Crippen LogP contribution in [0.3, 0.4) is 0 Å². The van der Waals surface area contributed by atoms with Gasteiger partial charge in [-0.25, -0.2) is 21.6 Å². The Balaban J connectivity index is 1.95. The van der Waals surface area contributed by atoms with E-state index in [1.807, 2.05) is 0 Å². The molecule has 1 atom stereocenters. The van der Waals surface area contributed by atoms with Crippen molar-refractivity contribution in [2.24, 2.45) is 0 Å². The van der Waals surface area contributed by atoms with Crippen molar-refractivity contribution in [1.82, 2.24) is 4.31 Å². The number of halogens is 5. The number of amides is 1. The lowest BCUT2D eigenvalue weighted by molar-refractivity contribution is -0.136. The van der Waals surface area contributed by atoms with Gasteiger partial charge in [0.2, 0.25) is 10.0 Å². The number of aliphatic hydroxyl groups excluding tert-OH is 1. The molecule has 0 aliphatic carbocycles. The molecule has 0 radical (unpaired) electrons. The number of carbonyl (C=O) groups excluding carboxylic acids is 1. The molecule has 0 spiro atoms. The van der Waals surface area contributed by atoms with Gasteiger partial charge in [-0.3, -0.25) is 4.79 Å². The highest BCUT2D eigenvalue weighted by Crippen LogP contribution is 2.34. The molecule has 180 valence electrons. The van der Waals surface area contributed by atoms with Crippen molar-refractivity contribution in [3.63, 3.8) is 0 Å². The Morgan fingerprint density at radius 3 is 2.64 bits per heavy atom. The van der Waals surface area contributed by atoms with E-state index in [1.54, 1.807) is 0 Å². The van der Waals surface area contributed by atoms with E-state index in [9.17, 15) is 31.5 Å². The molecule has 1 fully saturated rings. The fourth-order valence-electron chi connectivity index (χ4n) is 3.14. The second-order valence-corrected chi connectivity index (χ2v) is 9.88. The largest absolute Gasteiger partial charge is 0.491 e. The van der Waals surface area contributed by atoms with Crippen LogP contribution in [0.1, 0.15) is 16.8 Å². The molecule has 0 bridgehead atoms. The molecule has 2 N–H and O–H groups in total. The van der Waals surface area contributed by atoms with Crippen molar-refractivity contribution in [3.05, 3.63) is 52.8 Å². The van der Waals surface area contributed by atoms with Crippen molar-refractivity contribution in [2.45, 2.75) is 23.3 Å². The highest BCUT2D eigenvalue weighted by Gasteiger charge is 2.47.